The van der Waals surface area contributed by atoms with Crippen LogP contribution in [0.15, 0.2) is 36.4 Å². The summed E-state index contributed by atoms with van der Waals surface area (Å²) in [6.45, 7) is 11.2. The van der Waals surface area contributed by atoms with E-state index in [1.54, 1.807) is 19.9 Å². The van der Waals surface area contributed by atoms with Crippen molar-refractivity contribution in [2.24, 2.45) is 0 Å². The van der Waals surface area contributed by atoms with Gasteiger partial charge in [-0.3, -0.25) is 9.69 Å². The summed E-state index contributed by atoms with van der Waals surface area (Å²) in [6, 6.07) is 4.09. The van der Waals surface area contributed by atoms with Gasteiger partial charge in [-0.25, -0.2) is 4.79 Å². The van der Waals surface area contributed by atoms with E-state index in [0.29, 0.717) is 31.4 Å². The lowest BCUT2D eigenvalue weighted by atomic mass is 9.77. The number of esters is 2. The van der Waals surface area contributed by atoms with Crippen molar-refractivity contribution in [1.29, 1.82) is 0 Å². The van der Waals surface area contributed by atoms with Crippen LogP contribution in [0.3, 0.4) is 0 Å². The zero-order chi connectivity index (χ0) is 30.1. The molecule has 0 bridgehead atoms. The van der Waals surface area contributed by atoms with Gasteiger partial charge in [0.1, 0.15) is 6.10 Å². The molecule has 1 fully saturated rings. The van der Waals surface area contributed by atoms with Crippen molar-refractivity contribution in [3.05, 3.63) is 47.6 Å². The Morgan fingerprint density at radius 2 is 1.93 bits per heavy atom. The third kappa shape index (κ3) is 6.10. The zero-order valence-corrected chi connectivity index (χ0v) is 25.2. The Morgan fingerprint density at radius 3 is 2.67 bits per heavy atom. The summed E-state index contributed by atoms with van der Waals surface area (Å²) in [4.78, 5) is 29.2. The molecule has 0 amide bonds. The average molecular weight is 584 g/mol. The molecule has 2 unspecified atom stereocenters. The van der Waals surface area contributed by atoms with Crippen molar-refractivity contribution in [1.82, 2.24) is 4.90 Å². The van der Waals surface area contributed by atoms with E-state index in [0.717, 1.165) is 54.8 Å². The van der Waals surface area contributed by atoms with Crippen LogP contribution in [0.25, 0.3) is 0 Å². The van der Waals surface area contributed by atoms with Crippen LogP contribution in [-0.2, 0) is 25.5 Å². The molecular formula is C33H45NO8. The molecule has 0 saturated carbocycles. The van der Waals surface area contributed by atoms with Gasteiger partial charge in [0.2, 0.25) is 6.79 Å². The Bertz CT molecular complexity index is 1240. The monoisotopic (exact) mass is 583 g/mol. The standard InChI is InChI=1S/C33H45NO8/c1-5-6-7-16-39-27(35)20-33(38,13-8-11-31(3,4)37)30(36)42-29-22(2)19-32-12-9-14-34(32)15-10-23-17-25-26(41-21-40-25)18-24(23)28(29)32/h5,17-19,28-29,37-38H,1,6-16,20-21H2,2-4H3/t28-,29?,32?,33-/m1/s1. The van der Waals surface area contributed by atoms with Crippen LogP contribution in [0.5, 0.6) is 11.5 Å². The molecule has 4 aliphatic rings. The first kappa shape index (κ1) is 30.6. The van der Waals surface area contributed by atoms with E-state index in [9.17, 15) is 19.8 Å². The average Bonchev–Trinajstić information content (AvgIpc) is 3.59. The zero-order valence-electron chi connectivity index (χ0n) is 25.2. The van der Waals surface area contributed by atoms with Crippen molar-refractivity contribution in [3.8, 4) is 11.5 Å². The summed E-state index contributed by atoms with van der Waals surface area (Å²) in [5.74, 6) is -0.276. The highest BCUT2D eigenvalue weighted by Gasteiger charge is 2.57. The minimum Gasteiger partial charge on any atom is -0.466 e. The number of ether oxygens (including phenoxy) is 4. The van der Waals surface area contributed by atoms with Crippen LogP contribution in [-0.4, -0.2) is 76.4 Å². The number of benzene rings is 1. The van der Waals surface area contributed by atoms with Gasteiger partial charge >= 0.3 is 11.9 Å². The highest BCUT2D eigenvalue weighted by Crippen LogP contribution is 2.55. The summed E-state index contributed by atoms with van der Waals surface area (Å²) < 4.78 is 23.0. The molecule has 1 aromatic carbocycles. The van der Waals surface area contributed by atoms with Gasteiger partial charge in [0.25, 0.3) is 0 Å². The number of hydrogen-bond donors (Lipinski definition) is 2. The minimum absolute atomic E-state index is 0.0374. The Balaban J connectivity index is 1.42. The van der Waals surface area contributed by atoms with Gasteiger partial charge in [0.15, 0.2) is 17.1 Å². The van der Waals surface area contributed by atoms with Crippen molar-refractivity contribution in [2.75, 3.05) is 26.5 Å². The lowest BCUT2D eigenvalue weighted by Gasteiger charge is -2.40. The van der Waals surface area contributed by atoms with Crippen LogP contribution in [0.2, 0.25) is 0 Å². The van der Waals surface area contributed by atoms with Crippen molar-refractivity contribution in [2.45, 2.75) is 107 Å². The van der Waals surface area contributed by atoms with E-state index < -0.39 is 35.7 Å². The largest absolute Gasteiger partial charge is 0.466 e. The van der Waals surface area contributed by atoms with Gasteiger partial charge in [0, 0.05) is 12.5 Å². The predicted molar refractivity (Wildman–Crippen MR) is 156 cm³/mol. The SMILES string of the molecule is C=CCCCOC(=O)C[C@](O)(CCCC(C)(C)O)C(=O)OC1C(C)=CC23CCCN2CCc2cc4c(cc2[C@H]13)OCO4. The number of carbonyl (C=O) groups excluding carboxylic acids is 2. The molecule has 1 spiro atoms. The topological polar surface area (TPSA) is 115 Å². The van der Waals surface area contributed by atoms with E-state index >= 15 is 0 Å². The summed E-state index contributed by atoms with van der Waals surface area (Å²) in [5.41, 5.74) is -0.231. The Kier molecular flexibility index (Phi) is 8.75. The van der Waals surface area contributed by atoms with Crippen molar-refractivity contribution < 1.29 is 38.7 Å². The van der Waals surface area contributed by atoms with Gasteiger partial charge in [-0.05, 0) is 108 Å². The quantitative estimate of drug-likeness (QED) is 0.211. The third-order valence-corrected chi connectivity index (χ3v) is 9.23. The number of hydrogen-bond acceptors (Lipinski definition) is 9. The second kappa shape index (κ2) is 12.0. The summed E-state index contributed by atoms with van der Waals surface area (Å²) in [5, 5.41) is 22.0. The number of allylic oxidation sites excluding steroid dienone is 1. The number of carbonyl (C=O) groups is 2. The maximum atomic E-state index is 13.9. The van der Waals surface area contributed by atoms with Gasteiger partial charge in [-0.2, -0.15) is 0 Å². The number of fused-ring (bicyclic) bond motifs is 3. The first-order valence-electron chi connectivity index (χ1n) is 15.2. The molecule has 5 rings (SSSR count). The Labute approximate surface area is 248 Å². The number of rotatable bonds is 12. The predicted octanol–water partition coefficient (Wildman–Crippen LogP) is 4.33. The third-order valence-electron chi connectivity index (χ3n) is 9.23. The summed E-state index contributed by atoms with van der Waals surface area (Å²) >= 11 is 0. The Hall–Kier alpha value is -2.88. The molecular weight excluding hydrogens is 538 g/mol. The maximum absolute atomic E-state index is 13.9. The molecule has 9 nitrogen and oxygen atoms in total. The summed E-state index contributed by atoms with van der Waals surface area (Å²) in [7, 11) is 0. The molecule has 0 radical (unpaired) electrons. The molecule has 0 aromatic heterocycles. The van der Waals surface area contributed by atoms with Gasteiger partial charge in [-0.15, -0.1) is 6.58 Å². The van der Waals surface area contributed by atoms with E-state index in [1.165, 1.54) is 0 Å². The second-order valence-electron chi connectivity index (χ2n) is 13.0. The minimum atomic E-state index is -2.09. The molecule has 4 atom stereocenters. The van der Waals surface area contributed by atoms with Crippen molar-refractivity contribution in [3.63, 3.8) is 0 Å². The van der Waals surface area contributed by atoms with Crippen LogP contribution in [0, 0.1) is 0 Å². The lowest BCUT2D eigenvalue weighted by Crippen LogP contribution is -2.49. The smallest absolute Gasteiger partial charge is 0.339 e. The highest BCUT2D eigenvalue weighted by molar-refractivity contribution is 5.86. The Morgan fingerprint density at radius 1 is 1.17 bits per heavy atom. The molecule has 9 heteroatoms. The van der Waals surface area contributed by atoms with E-state index in [-0.39, 0.29) is 31.3 Å². The van der Waals surface area contributed by atoms with Crippen LogP contribution >= 0.6 is 0 Å². The molecule has 2 N–H and O–H groups in total. The first-order chi connectivity index (χ1) is 20.0. The highest BCUT2D eigenvalue weighted by atomic mass is 16.7. The fourth-order valence-corrected chi connectivity index (χ4v) is 7.21. The van der Waals surface area contributed by atoms with Gasteiger partial charge in [-0.1, -0.05) is 12.2 Å². The lowest BCUT2D eigenvalue weighted by molar-refractivity contribution is -0.178. The molecule has 1 saturated heterocycles. The normalized spacial score (nSPS) is 25.9. The molecule has 1 aromatic rings. The molecule has 42 heavy (non-hydrogen) atoms. The summed E-state index contributed by atoms with van der Waals surface area (Å²) in [6.07, 6.45) is 7.62. The van der Waals surface area contributed by atoms with Gasteiger partial charge < -0.3 is 29.2 Å². The molecule has 3 aliphatic heterocycles. The van der Waals surface area contributed by atoms with E-state index in [4.69, 9.17) is 18.9 Å². The molecule has 230 valence electrons. The first-order valence-corrected chi connectivity index (χ1v) is 15.2. The number of nitrogens with zero attached hydrogens (tertiary/aromatic N) is 1. The van der Waals surface area contributed by atoms with Crippen LogP contribution in [0.1, 0.15) is 89.2 Å². The van der Waals surface area contributed by atoms with Gasteiger partial charge in [0.05, 0.1) is 24.2 Å². The van der Waals surface area contributed by atoms with E-state index in [2.05, 4.69) is 23.6 Å². The fraction of sp³-hybridized carbons (Fsp3) is 0.636. The number of unbranched alkanes of at least 4 members (excludes halogenated alkanes) is 1. The second-order valence-corrected chi connectivity index (χ2v) is 13.0. The maximum Gasteiger partial charge on any atom is 0.339 e. The fourth-order valence-electron chi connectivity index (χ4n) is 7.21. The van der Waals surface area contributed by atoms with Crippen LogP contribution in [0.4, 0.5) is 0 Å². The van der Waals surface area contributed by atoms with E-state index in [1.807, 2.05) is 13.0 Å². The van der Waals surface area contributed by atoms with Crippen LogP contribution < -0.4 is 9.47 Å². The number of aliphatic hydroxyl groups is 2. The molecule has 1 aliphatic carbocycles. The van der Waals surface area contributed by atoms with Crippen molar-refractivity contribution >= 4 is 11.9 Å². The molecule has 3 heterocycles.